The van der Waals surface area contributed by atoms with Crippen LogP contribution in [0.25, 0.3) is 0 Å². The summed E-state index contributed by atoms with van der Waals surface area (Å²) in [5, 5.41) is 0. The zero-order chi connectivity index (χ0) is 6.97. The van der Waals surface area contributed by atoms with E-state index in [9.17, 15) is 0 Å². The summed E-state index contributed by atoms with van der Waals surface area (Å²) < 4.78 is 5.35. The molecule has 1 saturated carbocycles. The van der Waals surface area contributed by atoms with Gasteiger partial charge in [-0.1, -0.05) is 0 Å². The summed E-state index contributed by atoms with van der Waals surface area (Å²) in [5.41, 5.74) is 5.89. The van der Waals surface area contributed by atoms with E-state index in [0.29, 0.717) is 0 Å². The Balaban J connectivity index is 1.95. The van der Waals surface area contributed by atoms with Crippen LogP contribution in [0, 0.1) is 5.92 Å². The molecule has 0 saturated heterocycles. The van der Waals surface area contributed by atoms with Gasteiger partial charge in [0.2, 0.25) is 0 Å². The third-order valence-corrected chi connectivity index (χ3v) is 2.19. The fourth-order valence-electron chi connectivity index (χ4n) is 1.36. The van der Waals surface area contributed by atoms with Crippen LogP contribution in [0.3, 0.4) is 0 Å². The topological polar surface area (TPSA) is 35.2 Å². The van der Waals surface area contributed by atoms with Crippen LogP contribution in [0.15, 0.2) is 11.8 Å². The SMILES string of the molecule is NC(C1=CCCO1)C1CC1. The lowest BCUT2D eigenvalue weighted by Crippen LogP contribution is -2.25. The minimum Gasteiger partial charge on any atom is -0.496 e. The third kappa shape index (κ3) is 1.03. The van der Waals surface area contributed by atoms with Gasteiger partial charge in [-0.3, -0.25) is 0 Å². The normalized spacial score (nSPS) is 27.5. The molecule has 2 N–H and O–H groups in total. The lowest BCUT2D eigenvalue weighted by Gasteiger charge is -2.10. The van der Waals surface area contributed by atoms with Gasteiger partial charge in [-0.05, 0) is 24.8 Å². The molecule has 56 valence electrons. The fourth-order valence-corrected chi connectivity index (χ4v) is 1.36. The summed E-state index contributed by atoms with van der Waals surface area (Å²) in [7, 11) is 0. The van der Waals surface area contributed by atoms with Crippen LogP contribution in [-0.2, 0) is 4.74 Å². The quantitative estimate of drug-likeness (QED) is 0.620. The Morgan fingerprint density at radius 1 is 1.60 bits per heavy atom. The zero-order valence-electron chi connectivity index (χ0n) is 6.05. The van der Waals surface area contributed by atoms with Gasteiger partial charge in [-0.15, -0.1) is 0 Å². The summed E-state index contributed by atoms with van der Waals surface area (Å²) in [6, 6.07) is 0.211. The Bertz CT molecular complexity index is 161. The molecule has 0 radical (unpaired) electrons. The largest absolute Gasteiger partial charge is 0.496 e. The van der Waals surface area contributed by atoms with Gasteiger partial charge in [0.25, 0.3) is 0 Å². The Hall–Kier alpha value is -0.500. The molecule has 2 heteroatoms. The summed E-state index contributed by atoms with van der Waals surface area (Å²) in [6.07, 6.45) is 5.77. The Labute approximate surface area is 61.0 Å². The van der Waals surface area contributed by atoms with Crippen molar-refractivity contribution < 1.29 is 4.74 Å². The van der Waals surface area contributed by atoms with Gasteiger partial charge < -0.3 is 10.5 Å². The molecular formula is C8H13NO. The van der Waals surface area contributed by atoms with E-state index in [2.05, 4.69) is 6.08 Å². The first-order chi connectivity index (χ1) is 4.88. The van der Waals surface area contributed by atoms with Gasteiger partial charge in [-0.2, -0.15) is 0 Å². The van der Waals surface area contributed by atoms with E-state index in [4.69, 9.17) is 10.5 Å². The van der Waals surface area contributed by atoms with Gasteiger partial charge in [0.15, 0.2) is 0 Å². The van der Waals surface area contributed by atoms with Crippen LogP contribution < -0.4 is 5.73 Å². The van der Waals surface area contributed by atoms with E-state index in [1.807, 2.05) is 0 Å². The van der Waals surface area contributed by atoms with E-state index in [-0.39, 0.29) is 6.04 Å². The Kier molecular flexibility index (Phi) is 1.42. The summed E-state index contributed by atoms with van der Waals surface area (Å²) >= 11 is 0. The highest BCUT2D eigenvalue weighted by molar-refractivity contribution is 5.10. The lowest BCUT2D eigenvalue weighted by molar-refractivity contribution is 0.219. The van der Waals surface area contributed by atoms with Crippen molar-refractivity contribution in [3.8, 4) is 0 Å². The maximum Gasteiger partial charge on any atom is 0.109 e. The second-order valence-electron chi connectivity index (χ2n) is 3.11. The molecule has 10 heavy (non-hydrogen) atoms. The van der Waals surface area contributed by atoms with Crippen LogP contribution in [0.4, 0.5) is 0 Å². The van der Waals surface area contributed by atoms with Crippen molar-refractivity contribution in [3.63, 3.8) is 0 Å². The summed E-state index contributed by atoms with van der Waals surface area (Å²) in [5.74, 6) is 1.77. The number of rotatable bonds is 2. The fraction of sp³-hybridized carbons (Fsp3) is 0.750. The van der Waals surface area contributed by atoms with E-state index in [1.54, 1.807) is 0 Å². The smallest absolute Gasteiger partial charge is 0.109 e. The molecule has 1 aliphatic carbocycles. The minimum absolute atomic E-state index is 0.211. The maximum absolute atomic E-state index is 5.89. The molecule has 0 bridgehead atoms. The van der Waals surface area contributed by atoms with Crippen molar-refractivity contribution in [2.24, 2.45) is 11.7 Å². The molecule has 1 heterocycles. The molecule has 2 rings (SSSR count). The van der Waals surface area contributed by atoms with Gasteiger partial charge in [0.05, 0.1) is 12.6 Å². The van der Waals surface area contributed by atoms with Crippen molar-refractivity contribution in [3.05, 3.63) is 11.8 Å². The van der Waals surface area contributed by atoms with Crippen LogP contribution >= 0.6 is 0 Å². The van der Waals surface area contributed by atoms with Crippen LogP contribution in [-0.4, -0.2) is 12.6 Å². The first-order valence-electron chi connectivity index (χ1n) is 3.96. The molecule has 1 aliphatic heterocycles. The van der Waals surface area contributed by atoms with Crippen molar-refractivity contribution in [2.75, 3.05) is 6.61 Å². The predicted molar refractivity (Wildman–Crippen MR) is 39.4 cm³/mol. The molecule has 2 aliphatic rings. The molecule has 0 amide bonds. The maximum atomic E-state index is 5.89. The molecule has 0 spiro atoms. The van der Waals surface area contributed by atoms with Crippen LogP contribution in [0.2, 0.25) is 0 Å². The molecule has 0 aromatic heterocycles. The third-order valence-electron chi connectivity index (χ3n) is 2.19. The standard InChI is InChI=1S/C8H13NO/c9-8(6-3-4-6)7-2-1-5-10-7/h2,6,8H,1,3-5,9H2. The summed E-state index contributed by atoms with van der Waals surface area (Å²) in [6.45, 7) is 0.843. The van der Waals surface area contributed by atoms with Crippen molar-refractivity contribution >= 4 is 0 Å². The Morgan fingerprint density at radius 2 is 2.40 bits per heavy atom. The lowest BCUT2D eigenvalue weighted by atomic mass is 10.1. The van der Waals surface area contributed by atoms with E-state index < -0.39 is 0 Å². The second kappa shape index (κ2) is 2.27. The van der Waals surface area contributed by atoms with Gasteiger partial charge in [0, 0.05) is 6.42 Å². The van der Waals surface area contributed by atoms with E-state index in [1.165, 1.54) is 12.8 Å². The van der Waals surface area contributed by atoms with Crippen molar-refractivity contribution in [1.29, 1.82) is 0 Å². The van der Waals surface area contributed by atoms with Crippen molar-refractivity contribution in [1.82, 2.24) is 0 Å². The zero-order valence-corrected chi connectivity index (χ0v) is 6.05. The van der Waals surface area contributed by atoms with E-state index in [0.717, 1.165) is 24.7 Å². The van der Waals surface area contributed by atoms with Crippen LogP contribution in [0.1, 0.15) is 19.3 Å². The van der Waals surface area contributed by atoms with Crippen molar-refractivity contribution in [2.45, 2.75) is 25.3 Å². The highest BCUT2D eigenvalue weighted by Gasteiger charge is 2.32. The molecule has 0 aromatic carbocycles. The molecule has 1 fully saturated rings. The molecule has 0 aromatic rings. The predicted octanol–water partition coefficient (Wildman–Crippen LogP) is 1.03. The minimum atomic E-state index is 0.211. The first kappa shape index (κ1) is 6.23. The molecule has 1 atom stereocenters. The van der Waals surface area contributed by atoms with Gasteiger partial charge in [0.1, 0.15) is 5.76 Å². The number of hydrogen-bond donors (Lipinski definition) is 1. The first-order valence-corrected chi connectivity index (χ1v) is 3.96. The Morgan fingerprint density at radius 3 is 2.90 bits per heavy atom. The molecular weight excluding hydrogens is 126 g/mol. The average Bonchev–Trinajstić information content (AvgIpc) is 2.65. The monoisotopic (exact) mass is 139 g/mol. The van der Waals surface area contributed by atoms with Crippen LogP contribution in [0.5, 0.6) is 0 Å². The molecule has 2 nitrogen and oxygen atoms in total. The summed E-state index contributed by atoms with van der Waals surface area (Å²) in [4.78, 5) is 0. The second-order valence-corrected chi connectivity index (χ2v) is 3.11. The number of hydrogen-bond acceptors (Lipinski definition) is 2. The number of nitrogens with two attached hydrogens (primary N) is 1. The number of ether oxygens (including phenoxy) is 1. The highest BCUT2D eigenvalue weighted by Crippen LogP contribution is 2.35. The molecule has 1 unspecified atom stereocenters. The van der Waals surface area contributed by atoms with E-state index >= 15 is 0 Å². The highest BCUT2D eigenvalue weighted by atomic mass is 16.5. The van der Waals surface area contributed by atoms with Gasteiger partial charge in [-0.25, -0.2) is 0 Å². The van der Waals surface area contributed by atoms with Gasteiger partial charge >= 0.3 is 0 Å². The average molecular weight is 139 g/mol.